The third kappa shape index (κ3) is 3.77. The summed E-state index contributed by atoms with van der Waals surface area (Å²) in [6.45, 7) is 3.35. The van der Waals surface area contributed by atoms with Gasteiger partial charge in [-0.05, 0) is 44.4 Å². The summed E-state index contributed by atoms with van der Waals surface area (Å²) >= 11 is 17.9. The van der Waals surface area contributed by atoms with Crippen LogP contribution >= 0.6 is 34.8 Å². The van der Waals surface area contributed by atoms with Crippen LogP contribution in [0.4, 0.5) is 0 Å². The first-order chi connectivity index (χ1) is 7.74. The first kappa shape index (κ1) is 14.6. The predicted octanol–water partition coefficient (Wildman–Crippen LogP) is 4.69. The van der Waals surface area contributed by atoms with Crippen molar-refractivity contribution in [2.75, 3.05) is 0 Å². The maximum Gasteiger partial charge on any atom is 0.309 e. The Labute approximate surface area is 115 Å². The lowest BCUT2D eigenvalue weighted by molar-refractivity contribution is -0.147. The number of benzene rings is 1. The number of carbonyl (C=O) groups is 1. The highest BCUT2D eigenvalue weighted by Gasteiger charge is 2.27. The van der Waals surface area contributed by atoms with Crippen LogP contribution in [-0.2, 0) is 11.2 Å². The third-order valence-corrected chi connectivity index (χ3v) is 3.58. The summed E-state index contributed by atoms with van der Waals surface area (Å²) in [6.07, 6.45) is 0.970. The Morgan fingerprint density at radius 2 is 1.71 bits per heavy atom. The molecule has 0 bridgehead atoms. The van der Waals surface area contributed by atoms with Crippen LogP contribution in [0.15, 0.2) is 12.1 Å². The molecule has 0 saturated carbocycles. The van der Waals surface area contributed by atoms with E-state index < -0.39 is 11.4 Å². The minimum absolute atomic E-state index is 0.462. The van der Waals surface area contributed by atoms with Gasteiger partial charge in [-0.25, -0.2) is 0 Å². The summed E-state index contributed by atoms with van der Waals surface area (Å²) in [4.78, 5) is 11.0. The lowest BCUT2D eigenvalue weighted by Gasteiger charge is -2.19. The number of aliphatic carboxylic acids is 1. The summed E-state index contributed by atoms with van der Waals surface area (Å²) < 4.78 is 0. The highest BCUT2D eigenvalue weighted by Crippen LogP contribution is 2.32. The molecule has 0 aromatic heterocycles. The second kappa shape index (κ2) is 5.47. The van der Waals surface area contributed by atoms with Gasteiger partial charge in [0.05, 0.1) is 5.41 Å². The van der Waals surface area contributed by atoms with Crippen molar-refractivity contribution in [1.29, 1.82) is 0 Å². The number of halogens is 3. The SMILES string of the molecule is CC(C)(CCc1c(Cl)cc(Cl)cc1Cl)C(=O)O. The molecule has 1 N–H and O–H groups in total. The van der Waals surface area contributed by atoms with Crippen molar-refractivity contribution in [2.45, 2.75) is 26.7 Å². The van der Waals surface area contributed by atoms with Gasteiger partial charge in [0.1, 0.15) is 0 Å². The zero-order valence-corrected chi connectivity index (χ0v) is 11.8. The summed E-state index contributed by atoms with van der Waals surface area (Å²) in [7, 11) is 0. The number of rotatable bonds is 4. The van der Waals surface area contributed by atoms with Crippen molar-refractivity contribution in [3.05, 3.63) is 32.8 Å². The maximum absolute atomic E-state index is 11.0. The van der Waals surface area contributed by atoms with Gasteiger partial charge in [0.15, 0.2) is 0 Å². The molecule has 0 aliphatic rings. The molecule has 94 valence electrons. The first-order valence-electron chi connectivity index (χ1n) is 5.11. The van der Waals surface area contributed by atoms with Crippen molar-refractivity contribution in [3.63, 3.8) is 0 Å². The molecule has 5 heteroatoms. The van der Waals surface area contributed by atoms with Crippen LogP contribution in [0.25, 0.3) is 0 Å². The molecule has 1 rings (SSSR count). The van der Waals surface area contributed by atoms with Crippen molar-refractivity contribution in [1.82, 2.24) is 0 Å². The van der Waals surface area contributed by atoms with Gasteiger partial charge < -0.3 is 5.11 Å². The van der Waals surface area contributed by atoms with Crippen LogP contribution in [0.1, 0.15) is 25.8 Å². The Kier molecular flexibility index (Phi) is 4.70. The molecule has 0 saturated heterocycles. The van der Waals surface area contributed by atoms with Crippen LogP contribution in [0.3, 0.4) is 0 Å². The Bertz CT molecular complexity index is 418. The monoisotopic (exact) mass is 294 g/mol. The van der Waals surface area contributed by atoms with Crippen molar-refractivity contribution >= 4 is 40.8 Å². The molecule has 0 atom stereocenters. The topological polar surface area (TPSA) is 37.3 Å². The summed E-state index contributed by atoms with van der Waals surface area (Å²) in [5.41, 5.74) is -0.0567. The molecule has 17 heavy (non-hydrogen) atoms. The van der Waals surface area contributed by atoms with Crippen LogP contribution in [0.5, 0.6) is 0 Å². The van der Waals surface area contributed by atoms with Gasteiger partial charge >= 0.3 is 5.97 Å². The fourth-order valence-electron chi connectivity index (χ4n) is 1.36. The van der Waals surface area contributed by atoms with Crippen LogP contribution < -0.4 is 0 Å². The largest absolute Gasteiger partial charge is 0.481 e. The Morgan fingerprint density at radius 1 is 1.24 bits per heavy atom. The fraction of sp³-hybridized carbons (Fsp3) is 0.417. The van der Waals surface area contributed by atoms with Crippen LogP contribution in [-0.4, -0.2) is 11.1 Å². The highest BCUT2D eigenvalue weighted by atomic mass is 35.5. The van der Waals surface area contributed by atoms with E-state index in [-0.39, 0.29) is 0 Å². The number of hydrogen-bond acceptors (Lipinski definition) is 1. The van der Waals surface area contributed by atoms with E-state index in [1.807, 2.05) is 0 Å². The molecular weight excluding hydrogens is 282 g/mol. The van der Waals surface area contributed by atoms with Gasteiger partial charge in [0.2, 0.25) is 0 Å². The minimum atomic E-state index is -0.835. The molecule has 1 aromatic rings. The predicted molar refractivity (Wildman–Crippen MR) is 71.2 cm³/mol. The van der Waals surface area contributed by atoms with E-state index in [1.165, 1.54) is 0 Å². The van der Waals surface area contributed by atoms with Crippen LogP contribution in [0, 0.1) is 5.41 Å². The number of hydrogen-bond donors (Lipinski definition) is 1. The standard InChI is InChI=1S/C12H13Cl3O2/c1-12(2,11(16)17)4-3-8-9(14)5-7(13)6-10(8)15/h5-6H,3-4H2,1-2H3,(H,16,17). The van der Waals surface area contributed by atoms with Gasteiger partial charge in [0.25, 0.3) is 0 Å². The Balaban J connectivity index is 2.87. The normalized spacial score (nSPS) is 11.6. The number of carboxylic acids is 1. The second-order valence-corrected chi connectivity index (χ2v) is 5.79. The minimum Gasteiger partial charge on any atom is -0.481 e. The molecule has 0 fully saturated rings. The average Bonchev–Trinajstić information content (AvgIpc) is 2.15. The molecule has 0 aliphatic heterocycles. The molecule has 1 aromatic carbocycles. The summed E-state index contributed by atoms with van der Waals surface area (Å²) in [5.74, 6) is -0.835. The molecule has 0 aliphatic carbocycles. The van der Waals surface area contributed by atoms with Crippen molar-refractivity contribution in [3.8, 4) is 0 Å². The lowest BCUT2D eigenvalue weighted by atomic mass is 9.86. The fourth-order valence-corrected chi connectivity index (χ4v) is 2.36. The summed E-state index contributed by atoms with van der Waals surface area (Å²) in [6, 6.07) is 3.22. The highest BCUT2D eigenvalue weighted by molar-refractivity contribution is 6.39. The second-order valence-electron chi connectivity index (χ2n) is 4.54. The van der Waals surface area contributed by atoms with E-state index in [0.717, 1.165) is 5.56 Å². The Hall–Kier alpha value is -0.440. The molecule has 0 radical (unpaired) electrons. The van der Waals surface area contributed by atoms with Crippen LogP contribution in [0.2, 0.25) is 15.1 Å². The lowest BCUT2D eigenvalue weighted by Crippen LogP contribution is -2.24. The van der Waals surface area contributed by atoms with E-state index in [1.54, 1.807) is 26.0 Å². The van der Waals surface area contributed by atoms with Gasteiger partial charge in [-0.3, -0.25) is 4.79 Å². The van der Waals surface area contributed by atoms with Gasteiger partial charge in [0, 0.05) is 15.1 Å². The van der Waals surface area contributed by atoms with E-state index >= 15 is 0 Å². The quantitative estimate of drug-likeness (QED) is 0.875. The molecule has 0 amide bonds. The molecule has 0 heterocycles. The van der Waals surface area contributed by atoms with E-state index in [0.29, 0.717) is 27.9 Å². The smallest absolute Gasteiger partial charge is 0.309 e. The van der Waals surface area contributed by atoms with Gasteiger partial charge in [-0.15, -0.1) is 0 Å². The third-order valence-electron chi connectivity index (χ3n) is 2.68. The molecule has 2 nitrogen and oxygen atoms in total. The molecule has 0 spiro atoms. The average molecular weight is 296 g/mol. The van der Waals surface area contributed by atoms with E-state index in [4.69, 9.17) is 39.9 Å². The molecular formula is C12H13Cl3O2. The van der Waals surface area contributed by atoms with E-state index in [9.17, 15) is 4.79 Å². The number of carboxylic acid groups (broad SMARTS) is 1. The Morgan fingerprint density at radius 3 is 2.12 bits per heavy atom. The van der Waals surface area contributed by atoms with Gasteiger partial charge in [-0.1, -0.05) is 34.8 Å². The molecule has 0 unspecified atom stereocenters. The maximum atomic E-state index is 11.0. The first-order valence-corrected chi connectivity index (χ1v) is 6.24. The zero-order chi connectivity index (χ0) is 13.2. The van der Waals surface area contributed by atoms with Crippen molar-refractivity contribution < 1.29 is 9.90 Å². The van der Waals surface area contributed by atoms with Gasteiger partial charge in [-0.2, -0.15) is 0 Å². The van der Waals surface area contributed by atoms with E-state index in [2.05, 4.69) is 0 Å². The van der Waals surface area contributed by atoms with Crippen molar-refractivity contribution in [2.24, 2.45) is 5.41 Å². The summed E-state index contributed by atoms with van der Waals surface area (Å²) in [5, 5.41) is 10.4. The zero-order valence-electron chi connectivity index (χ0n) is 9.56.